The number of hydrogen-bond acceptors (Lipinski definition) is 3. The van der Waals surface area contributed by atoms with Crippen molar-refractivity contribution in [2.24, 2.45) is 0 Å². The monoisotopic (exact) mass is 421 g/mol. The molecule has 0 saturated carbocycles. The first-order chi connectivity index (χ1) is 14.7. The molecule has 0 unspecified atom stereocenters. The number of para-hydroxylation sites is 1. The molecule has 3 nitrogen and oxygen atoms in total. The lowest BCUT2D eigenvalue weighted by Gasteiger charge is -2.18. The quantitative estimate of drug-likeness (QED) is 0.364. The molecule has 0 atom stereocenters. The molecule has 30 heavy (non-hydrogen) atoms. The average Bonchev–Trinajstić information content (AvgIpc) is 2.78. The number of allylic oxidation sites excluding steroid dienone is 1. The normalized spacial score (nSPS) is 10.5. The van der Waals surface area contributed by atoms with Crippen LogP contribution in [-0.2, 0) is 26.0 Å². The van der Waals surface area contributed by atoms with Gasteiger partial charge in [0.2, 0.25) is 0 Å². The van der Waals surface area contributed by atoms with E-state index in [2.05, 4.69) is 49.2 Å². The lowest BCUT2D eigenvalue weighted by molar-refractivity contribution is 0.282. The summed E-state index contributed by atoms with van der Waals surface area (Å²) in [5, 5.41) is 4.24. The van der Waals surface area contributed by atoms with Gasteiger partial charge in [-0.15, -0.1) is 6.58 Å². The van der Waals surface area contributed by atoms with Gasteiger partial charge < -0.3 is 14.8 Å². The van der Waals surface area contributed by atoms with Crippen molar-refractivity contribution in [2.45, 2.75) is 32.9 Å². The summed E-state index contributed by atoms with van der Waals surface area (Å²) >= 11 is 6.28. The van der Waals surface area contributed by atoms with Crippen LogP contribution in [0.4, 0.5) is 5.69 Å². The lowest BCUT2D eigenvalue weighted by atomic mass is 10.0. The van der Waals surface area contributed by atoms with E-state index in [1.54, 1.807) is 7.11 Å². The van der Waals surface area contributed by atoms with Gasteiger partial charge in [-0.2, -0.15) is 0 Å². The van der Waals surface area contributed by atoms with Crippen LogP contribution in [0.2, 0.25) is 5.02 Å². The summed E-state index contributed by atoms with van der Waals surface area (Å²) in [5.74, 6) is 1.44. The first-order valence-corrected chi connectivity index (χ1v) is 10.5. The molecule has 0 aliphatic rings. The smallest absolute Gasteiger partial charge is 0.165 e. The van der Waals surface area contributed by atoms with Crippen molar-refractivity contribution in [3.63, 3.8) is 0 Å². The number of rotatable bonds is 10. The first-order valence-electron chi connectivity index (χ1n) is 10.1. The Morgan fingerprint density at radius 1 is 1.00 bits per heavy atom. The fraction of sp³-hybridized carbons (Fsp3) is 0.231. The molecule has 0 fully saturated rings. The molecule has 0 amide bonds. The van der Waals surface area contributed by atoms with Crippen LogP contribution in [-0.4, -0.2) is 7.11 Å². The van der Waals surface area contributed by atoms with Crippen LogP contribution in [0.25, 0.3) is 0 Å². The second kappa shape index (κ2) is 10.7. The summed E-state index contributed by atoms with van der Waals surface area (Å²) in [6, 6.07) is 20.3. The van der Waals surface area contributed by atoms with E-state index in [0.717, 1.165) is 34.5 Å². The number of methoxy groups -OCH3 is 1. The van der Waals surface area contributed by atoms with Crippen molar-refractivity contribution < 1.29 is 9.47 Å². The Labute approximate surface area is 184 Å². The van der Waals surface area contributed by atoms with Crippen molar-refractivity contribution in [1.29, 1.82) is 0 Å². The van der Waals surface area contributed by atoms with E-state index < -0.39 is 0 Å². The van der Waals surface area contributed by atoms with Gasteiger partial charge >= 0.3 is 0 Å². The fourth-order valence-corrected chi connectivity index (χ4v) is 3.60. The van der Waals surface area contributed by atoms with Crippen molar-refractivity contribution in [3.05, 3.63) is 101 Å². The molecule has 0 aromatic heterocycles. The minimum Gasteiger partial charge on any atom is -0.493 e. The number of ether oxygens (including phenoxy) is 2. The van der Waals surface area contributed by atoms with Crippen LogP contribution in [0.1, 0.15) is 29.2 Å². The van der Waals surface area contributed by atoms with Crippen molar-refractivity contribution in [1.82, 2.24) is 0 Å². The van der Waals surface area contributed by atoms with Gasteiger partial charge in [0.1, 0.15) is 6.61 Å². The molecule has 156 valence electrons. The number of benzene rings is 3. The molecule has 3 aromatic rings. The molecule has 3 rings (SSSR count). The molecule has 0 saturated heterocycles. The van der Waals surface area contributed by atoms with Crippen molar-refractivity contribution in [2.75, 3.05) is 12.4 Å². The third kappa shape index (κ3) is 5.37. The zero-order valence-corrected chi connectivity index (χ0v) is 18.3. The van der Waals surface area contributed by atoms with E-state index in [4.69, 9.17) is 21.1 Å². The summed E-state index contributed by atoms with van der Waals surface area (Å²) in [4.78, 5) is 0. The van der Waals surface area contributed by atoms with Crippen molar-refractivity contribution >= 4 is 17.3 Å². The highest BCUT2D eigenvalue weighted by molar-refractivity contribution is 6.31. The molecule has 4 heteroatoms. The third-order valence-electron chi connectivity index (χ3n) is 4.99. The topological polar surface area (TPSA) is 30.5 Å². The van der Waals surface area contributed by atoms with Gasteiger partial charge in [-0.1, -0.05) is 61.0 Å². The van der Waals surface area contributed by atoms with E-state index >= 15 is 0 Å². The maximum Gasteiger partial charge on any atom is 0.165 e. The Morgan fingerprint density at radius 2 is 1.73 bits per heavy atom. The number of hydrogen-bond donors (Lipinski definition) is 1. The zero-order chi connectivity index (χ0) is 21.3. The fourth-order valence-electron chi connectivity index (χ4n) is 3.41. The van der Waals surface area contributed by atoms with E-state index in [9.17, 15) is 0 Å². The molecule has 1 N–H and O–H groups in total. The Hall–Kier alpha value is -2.91. The molecule has 0 bridgehead atoms. The van der Waals surface area contributed by atoms with Crippen LogP contribution in [0.5, 0.6) is 11.5 Å². The molecule has 3 aromatic carbocycles. The van der Waals surface area contributed by atoms with Crippen LogP contribution < -0.4 is 14.8 Å². The predicted molar refractivity (Wildman–Crippen MR) is 126 cm³/mol. The van der Waals surface area contributed by atoms with E-state index in [1.807, 2.05) is 36.4 Å². The second-order valence-electron chi connectivity index (χ2n) is 7.02. The SMILES string of the molecule is C=CCc1cc(CNc2ccccc2CC)cc(OC)c1OCc1ccccc1Cl. The summed E-state index contributed by atoms with van der Waals surface area (Å²) in [7, 11) is 1.67. The maximum atomic E-state index is 6.28. The molecule has 0 aliphatic carbocycles. The van der Waals surface area contributed by atoms with Gasteiger partial charge in [0.15, 0.2) is 11.5 Å². The molecule has 0 spiro atoms. The van der Waals surface area contributed by atoms with E-state index in [1.165, 1.54) is 5.56 Å². The maximum absolute atomic E-state index is 6.28. The van der Waals surface area contributed by atoms with Gasteiger partial charge in [-0.3, -0.25) is 0 Å². The number of nitrogens with one attached hydrogen (secondary N) is 1. The largest absolute Gasteiger partial charge is 0.493 e. The van der Waals surface area contributed by atoms with E-state index in [0.29, 0.717) is 30.3 Å². The Bertz CT molecular complexity index is 1000. The summed E-state index contributed by atoms with van der Waals surface area (Å²) < 4.78 is 11.8. The van der Waals surface area contributed by atoms with Gasteiger partial charge in [0.05, 0.1) is 7.11 Å². The predicted octanol–water partition coefficient (Wildman–Crippen LogP) is 6.83. The Kier molecular flexibility index (Phi) is 7.81. The first kappa shape index (κ1) is 21.8. The summed E-state index contributed by atoms with van der Waals surface area (Å²) in [6.45, 7) is 7.13. The van der Waals surface area contributed by atoms with Crippen LogP contribution >= 0.6 is 11.6 Å². The molecule has 0 radical (unpaired) electrons. The third-order valence-corrected chi connectivity index (χ3v) is 5.36. The Morgan fingerprint density at radius 3 is 2.43 bits per heavy atom. The molecule has 0 heterocycles. The minimum absolute atomic E-state index is 0.377. The van der Waals surface area contributed by atoms with Gasteiger partial charge in [0.25, 0.3) is 0 Å². The van der Waals surface area contributed by atoms with Gasteiger partial charge in [-0.25, -0.2) is 0 Å². The van der Waals surface area contributed by atoms with Crippen LogP contribution in [0.3, 0.4) is 0 Å². The lowest BCUT2D eigenvalue weighted by Crippen LogP contribution is -2.06. The Balaban J connectivity index is 1.83. The minimum atomic E-state index is 0.377. The highest BCUT2D eigenvalue weighted by atomic mass is 35.5. The highest BCUT2D eigenvalue weighted by Gasteiger charge is 2.14. The summed E-state index contributed by atoms with van der Waals surface area (Å²) in [6.07, 6.45) is 3.55. The number of anilines is 1. The number of halogens is 1. The van der Waals surface area contributed by atoms with E-state index in [-0.39, 0.29) is 0 Å². The molecule has 0 aliphatic heterocycles. The number of aryl methyl sites for hydroxylation is 1. The molecular weight excluding hydrogens is 394 g/mol. The second-order valence-corrected chi connectivity index (χ2v) is 7.43. The van der Waals surface area contributed by atoms with Crippen molar-refractivity contribution in [3.8, 4) is 11.5 Å². The average molecular weight is 422 g/mol. The highest BCUT2D eigenvalue weighted by Crippen LogP contribution is 2.35. The molecular formula is C26H28ClNO2. The standard InChI is InChI=1S/C26H28ClNO2/c1-4-10-21-15-19(17-28-24-14-9-7-11-20(24)5-2)16-25(29-3)26(21)30-18-22-12-6-8-13-23(22)27/h4,6-9,11-16,28H,1,5,10,17-18H2,2-3H3. The van der Waals surface area contributed by atoms with Gasteiger partial charge in [-0.05, 0) is 48.2 Å². The van der Waals surface area contributed by atoms with Crippen LogP contribution in [0, 0.1) is 0 Å². The zero-order valence-electron chi connectivity index (χ0n) is 17.6. The van der Waals surface area contributed by atoms with Gasteiger partial charge in [0, 0.05) is 28.4 Å². The summed E-state index contributed by atoms with van der Waals surface area (Å²) in [5.41, 5.74) is 5.56. The van der Waals surface area contributed by atoms with Crippen LogP contribution in [0.15, 0.2) is 73.3 Å².